The monoisotopic (exact) mass is 122 g/mol. The highest BCUT2D eigenvalue weighted by Crippen LogP contribution is 2.16. The predicted molar refractivity (Wildman–Crippen MR) is 31.7 cm³/mol. The molecule has 0 aromatic rings. The lowest BCUT2D eigenvalue weighted by Crippen LogP contribution is -1.94. The predicted octanol–water partition coefficient (Wildman–Crippen LogP) is 1.34. The van der Waals surface area contributed by atoms with Crippen LogP contribution >= 0.6 is 12.4 Å². The molecule has 1 nitrogen and oxygen atoms in total. The summed E-state index contributed by atoms with van der Waals surface area (Å²) in [4.78, 5) is 0. The van der Waals surface area contributed by atoms with Crippen LogP contribution in [0.15, 0.2) is 0 Å². The Bertz CT molecular complexity index is 41.3. The summed E-state index contributed by atoms with van der Waals surface area (Å²) in [5, 5.41) is 8.73. The first-order valence-electron chi connectivity index (χ1n) is 2.57. The van der Waals surface area contributed by atoms with Crippen molar-refractivity contribution in [1.82, 2.24) is 0 Å². The molecular formula is C5H11ClO. The van der Waals surface area contributed by atoms with Crippen molar-refractivity contribution >= 4 is 12.4 Å². The van der Waals surface area contributed by atoms with Crippen LogP contribution in [-0.4, -0.2) is 11.2 Å². The molecule has 0 radical (unpaired) electrons. The van der Waals surface area contributed by atoms with E-state index in [0.29, 0.717) is 0 Å². The maximum absolute atomic E-state index is 8.73. The van der Waals surface area contributed by atoms with Crippen LogP contribution in [0.2, 0.25) is 0 Å². The molecule has 1 aliphatic carbocycles. The molecule has 0 unspecified atom stereocenters. The van der Waals surface area contributed by atoms with Crippen molar-refractivity contribution in [3.05, 3.63) is 0 Å². The molecule has 0 bridgehead atoms. The fraction of sp³-hybridized carbons (Fsp3) is 1.00. The summed E-state index contributed by atoms with van der Waals surface area (Å²) in [7, 11) is 0. The number of rotatable bonds is 0. The Labute approximate surface area is 50.1 Å². The molecule has 0 heterocycles. The van der Waals surface area contributed by atoms with Crippen LogP contribution in [0, 0.1) is 0 Å². The topological polar surface area (TPSA) is 20.2 Å². The van der Waals surface area contributed by atoms with Crippen molar-refractivity contribution in [1.29, 1.82) is 0 Å². The van der Waals surface area contributed by atoms with Crippen LogP contribution in [0.1, 0.15) is 25.7 Å². The fourth-order valence-electron chi connectivity index (χ4n) is 0.904. The van der Waals surface area contributed by atoms with Gasteiger partial charge in [-0.3, -0.25) is 0 Å². The fourth-order valence-corrected chi connectivity index (χ4v) is 0.904. The van der Waals surface area contributed by atoms with Crippen LogP contribution in [-0.2, 0) is 0 Å². The summed E-state index contributed by atoms with van der Waals surface area (Å²) in [5.74, 6) is 0. The van der Waals surface area contributed by atoms with Crippen molar-refractivity contribution in [2.75, 3.05) is 0 Å². The molecule has 2 heteroatoms. The van der Waals surface area contributed by atoms with Gasteiger partial charge in [-0.2, -0.15) is 0 Å². The molecule has 1 aliphatic rings. The van der Waals surface area contributed by atoms with Crippen molar-refractivity contribution < 1.29 is 5.11 Å². The summed E-state index contributed by atoms with van der Waals surface area (Å²) in [6.45, 7) is 0. The minimum Gasteiger partial charge on any atom is -0.393 e. The van der Waals surface area contributed by atoms with Crippen LogP contribution in [0.25, 0.3) is 0 Å². The van der Waals surface area contributed by atoms with E-state index in [1.165, 1.54) is 12.8 Å². The lowest BCUT2D eigenvalue weighted by molar-refractivity contribution is 0.183. The van der Waals surface area contributed by atoms with E-state index in [0.717, 1.165) is 12.8 Å². The highest BCUT2D eigenvalue weighted by Gasteiger charge is 2.09. The largest absolute Gasteiger partial charge is 0.393 e. The first kappa shape index (κ1) is 7.25. The smallest absolute Gasteiger partial charge is 0.0540 e. The maximum atomic E-state index is 8.73. The van der Waals surface area contributed by atoms with Gasteiger partial charge >= 0.3 is 0 Å². The molecule has 44 valence electrons. The van der Waals surface area contributed by atoms with Gasteiger partial charge < -0.3 is 5.11 Å². The van der Waals surface area contributed by atoms with Crippen LogP contribution in [0.4, 0.5) is 0 Å². The molecule has 0 spiro atoms. The lowest BCUT2D eigenvalue weighted by atomic mass is 10.3. The molecule has 1 fully saturated rings. The van der Waals surface area contributed by atoms with Crippen LogP contribution < -0.4 is 0 Å². The van der Waals surface area contributed by atoms with Gasteiger partial charge in [-0.25, -0.2) is 0 Å². The molecular weight excluding hydrogens is 112 g/mol. The van der Waals surface area contributed by atoms with E-state index in [2.05, 4.69) is 0 Å². The third kappa shape index (κ3) is 2.15. The molecule has 0 atom stereocenters. The van der Waals surface area contributed by atoms with Crippen molar-refractivity contribution in [3.63, 3.8) is 0 Å². The van der Waals surface area contributed by atoms with Crippen LogP contribution in [0.3, 0.4) is 0 Å². The van der Waals surface area contributed by atoms with Crippen LogP contribution in [0.5, 0.6) is 0 Å². The van der Waals surface area contributed by atoms with Crippen molar-refractivity contribution in [2.45, 2.75) is 31.8 Å². The van der Waals surface area contributed by atoms with E-state index in [9.17, 15) is 0 Å². The van der Waals surface area contributed by atoms with E-state index < -0.39 is 0 Å². The van der Waals surface area contributed by atoms with Gasteiger partial charge in [0.05, 0.1) is 6.10 Å². The number of halogens is 1. The van der Waals surface area contributed by atoms with Gasteiger partial charge in [-0.15, -0.1) is 12.4 Å². The Kier molecular flexibility index (Phi) is 3.39. The minimum atomic E-state index is 0. The molecule has 0 aromatic carbocycles. The maximum Gasteiger partial charge on any atom is 0.0540 e. The highest BCUT2D eigenvalue weighted by molar-refractivity contribution is 5.85. The number of hydrogen-bond acceptors (Lipinski definition) is 1. The van der Waals surface area contributed by atoms with Gasteiger partial charge in [0, 0.05) is 0 Å². The summed E-state index contributed by atoms with van der Waals surface area (Å²) >= 11 is 0. The Morgan fingerprint density at radius 1 is 1.14 bits per heavy atom. The normalized spacial score (nSPS) is 21.9. The molecule has 0 saturated heterocycles. The second-order valence-corrected chi connectivity index (χ2v) is 1.94. The highest BCUT2D eigenvalue weighted by atomic mass is 35.5. The average Bonchev–Trinajstić information content (AvgIpc) is 1.86. The minimum absolute atomic E-state index is 0. The van der Waals surface area contributed by atoms with Crippen molar-refractivity contribution in [3.8, 4) is 0 Å². The Morgan fingerprint density at radius 2 is 1.57 bits per heavy atom. The zero-order valence-electron chi connectivity index (χ0n) is 4.26. The lowest BCUT2D eigenvalue weighted by Gasteiger charge is -1.91. The Balaban J connectivity index is 0.000000360. The Morgan fingerprint density at radius 3 is 1.71 bits per heavy atom. The molecule has 1 N–H and O–H groups in total. The molecule has 0 aliphatic heterocycles. The van der Waals surface area contributed by atoms with Gasteiger partial charge in [-0.05, 0) is 12.8 Å². The van der Waals surface area contributed by atoms with Gasteiger partial charge in [0.15, 0.2) is 0 Å². The Hall–Kier alpha value is 0.250. The summed E-state index contributed by atoms with van der Waals surface area (Å²) in [6, 6.07) is 0. The number of hydrogen-bond donors (Lipinski definition) is 1. The molecule has 1 rings (SSSR count). The second-order valence-electron chi connectivity index (χ2n) is 1.94. The summed E-state index contributed by atoms with van der Waals surface area (Å²) in [5.41, 5.74) is 0. The summed E-state index contributed by atoms with van der Waals surface area (Å²) in [6.07, 6.45) is 4.60. The molecule has 0 amide bonds. The van der Waals surface area contributed by atoms with Gasteiger partial charge in [0.2, 0.25) is 0 Å². The SMILES string of the molecule is Cl.OC1CCCC1. The third-order valence-corrected chi connectivity index (χ3v) is 1.32. The van der Waals surface area contributed by atoms with Gasteiger partial charge in [0.1, 0.15) is 0 Å². The van der Waals surface area contributed by atoms with E-state index in [1.807, 2.05) is 0 Å². The van der Waals surface area contributed by atoms with E-state index in [4.69, 9.17) is 5.11 Å². The molecule has 0 aromatic heterocycles. The third-order valence-electron chi connectivity index (χ3n) is 1.32. The van der Waals surface area contributed by atoms with E-state index >= 15 is 0 Å². The molecule has 7 heavy (non-hydrogen) atoms. The van der Waals surface area contributed by atoms with Gasteiger partial charge in [0.25, 0.3) is 0 Å². The van der Waals surface area contributed by atoms with Crippen molar-refractivity contribution in [2.24, 2.45) is 0 Å². The number of aliphatic hydroxyl groups is 1. The molecule has 1 saturated carbocycles. The second kappa shape index (κ2) is 3.28. The zero-order valence-corrected chi connectivity index (χ0v) is 5.08. The summed E-state index contributed by atoms with van der Waals surface area (Å²) < 4.78 is 0. The first-order valence-corrected chi connectivity index (χ1v) is 2.57. The van der Waals surface area contributed by atoms with Gasteiger partial charge in [-0.1, -0.05) is 12.8 Å². The van der Waals surface area contributed by atoms with E-state index in [-0.39, 0.29) is 18.5 Å². The first-order chi connectivity index (χ1) is 2.89. The average molecular weight is 123 g/mol. The van der Waals surface area contributed by atoms with E-state index in [1.54, 1.807) is 0 Å². The standard InChI is InChI=1S/C5H10O.ClH/c6-5-3-1-2-4-5;/h5-6H,1-4H2;1H. The number of aliphatic hydroxyl groups excluding tert-OH is 1. The quantitative estimate of drug-likeness (QED) is 0.514. The zero-order chi connectivity index (χ0) is 4.41.